The van der Waals surface area contributed by atoms with Crippen LogP contribution in [-0.2, 0) is 4.79 Å². The van der Waals surface area contributed by atoms with Crippen LogP contribution in [0.2, 0.25) is 10.0 Å². The molecule has 0 bridgehead atoms. The van der Waals surface area contributed by atoms with Gasteiger partial charge < -0.3 is 10.4 Å². The molecule has 0 aliphatic carbocycles. The topological polar surface area (TPSA) is 49.3 Å². The zero-order chi connectivity index (χ0) is 15.6. The Hall–Kier alpha value is -1.30. The fourth-order valence-corrected chi connectivity index (χ4v) is 2.42. The van der Waals surface area contributed by atoms with Crippen LogP contribution < -0.4 is 5.32 Å². The third kappa shape index (κ3) is 3.87. The van der Waals surface area contributed by atoms with E-state index in [1.54, 1.807) is 18.2 Å². The second-order valence-electron chi connectivity index (χ2n) is 4.22. The van der Waals surface area contributed by atoms with Crippen molar-refractivity contribution in [3.8, 4) is 0 Å². The molecule has 21 heavy (non-hydrogen) atoms. The Balaban J connectivity index is 2.32. The lowest BCUT2D eigenvalue weighted by atomic mass is 10.1. The largest absolute Gasteiger partial charge is 0.479 e. The van der Waals surface area contributed by atoms with Crippen LogP contribution in [0.15, 0.2) is 40.9 Å². The Morgan fingerprint density at radius 1 is 1.19 bits per heavy atom. The first-order valence-corrected chi connectivity index (χ1v) is 7.32. The highest BCUT2D eigenvalue weighted by atomic mass is 79.9. The first-order valence-electron chi connectivity index (χ1n) is 5.78. The zero-order valence-corrected chi connectivity index (χ0v) is 13.5. The van der Waals surface area contributed by atoms with Gasteiger partial charge in [-0.25, -0.2) is 9.18 Å². The number of rotatable bonds is 4. The van der Waals surface area contributed by atoms with Crippen LogP contribution in [0.5, 0.6) is 0 Å². The highest BCUT2D eigenvalue weighted by Crippen LogP contribution is 2.29. The summed E-state index contributed by atoms with van der Waals surface area (Å²) in [6, 6.07) is 7.66. The third-order valence-corrected chi connectivity index (χ3v) is 4.26. The number of benzene rings is 2. The van der Waals surface area contributed by atoms with Crippen LogP contribution >= 0.6 is 39.1 Å². The Morgan fingerprint density at radius 3 is 2.48 bits per heavy atom. The number of halogens is 4. The van der Waals surface area contributed by atoms with Crippen molar-refractivity contribution in [2.24, 2.45) is 0 Å². The average molecular weight is 393 g/mol. The van der Waals surface area contributed by atoms with Gasteiger partial charge in [0.25, 0.3) is 0 Å². The fourth-order valence-electron chi connectivity index (χ4n) is 1.73. The first-order chi connectivity index (χ1) is 9.88. The van der Waals surface area contributed by atoms with Crippen LogP contribution in [0.3, 0.4) is 0 Å². The van der Waals surface area contributed by atoms with Gasteiger partial charge in [-0.2, -0.15) is 0 Å². The van der Waals surface area contributed by atoms with E-state index in [1.807, 2.05) is 0 Å². The van der Waals surface area contributed by atoms with Crippen molar-refractivity contribution in [2.75, 3.05) is 5.32 Å². The third-order valence-electron chi connectivity index (χ3n) is 2.75. The predicted octanol–water partition coefficient (Wildman–Crippen LogP) is 5.13. The van der Waals surface area contributed by atoms with Crippen LogP contribution in [-0.4, -0.2) is 11.1 Å². The smallest absolute Gasteiger partial charge is 0.330 e. The predicted molar refractivity (Wildman–Crippen MR) is 84.6 cm³/mol. The molecular weight excluding hydrogens is 384 g/mol. The number of anilines is 1. The van der Waals surface area contributed by atoms with Gasteiger partial charge in [0.1, 0.15) is 5.82 Å². The van der Waals surface area contributed by atoms with Gasteiger partial charge in [-0.05, 0) is 51.8 Å². The van der Waals surface area contributed by atoms with Crippen LogP contribution in [0.4, 0.5) is 10.1 Å². The van der Waals surface area contributed by atoms with Gasteiger partial charge in [0.05, 0.1) is 10.0 Å². The molecule has 0 spiro atoms. The van der Waals surface area contributed by atoms with E-state index in [-0.39, 0.29) is 5.02 Å². The lowest BCUT2D eigenvalue weighted by molar-refractivity contribution is -0.138. The number of aliphatic carboxylic acids is 1. The lowest BCUT2D eigenvalue weighted by Gasteiger charge is -2.17. The van der Waals surface area contributed by atoms with Crippen LogP contribution in [0.1, 0.15) is 11.6 Å². The Labute approximate surface area is 138 Å². The quantitative estimate of drug-likeness (QED) is 0.757. The SMILES string of the molecule is O=C(O)C(Nc1ccc(Cl)c(Br)c1)c1ccc(F)c(Cl)c1. The summed E-state index contributed by atoms with van der Waals surface area (Å²) >= 11 is 14.8. The van der Waals surface area contributed by atoms with Gasteiger partial charge in [-0.3, -0.25) is 0 Å². The molecule has 1 atom stereocenters. The van der Waals surface area contributed by atoms with Gasteiger partial charge in [-0.15, -0.1) is 0 Å². The van der Waals surface area contributed by atoms with E-state index in [4.69, 9.17) is 23.2 Å². The molecule has 7 heteroatoms. The summed E-state index contributed by atoms with van der Waals surface area (Å²) in [5.74, 6) is -1.71. The molecule has 110 valence electrons. The van der Waals surface area contributed by atoms with Crippen molar-refractivity contribution >= 4 is 50.8 Å². The molecule has 2 aromatic carbocycles. The standard InChI is InChI=1S/C14H9BrCl2FNO2/c15-9-6-8(2-3-10(9)16)19-13(14(20)21)7-1-4-12(18)11(17)5-7/h1-6,13,19H,(H,20,21). The number of carboxylic acid groups (broad SMARTS) is 1. The second kappa shape index (κ2) is 6.64. The van der Waals surface area contributed by atoms with Gasteiger partial charge >= 0.3 is 5.97 Å². The summed E-state index contributed by atoms with van der Waals surface area (Å²) in [7, 11) is 0. The summed E-state index contributed by atoms with van der Waals surface area (Å²) in [4.78, 5) is 11.4. The number of hydrogen-bond acceptors (Lipinski definition) is 2. The maximum absolute atomic E-state index is 13.2. The Kier molecular flexibility index (Phi) is 5.08. The van der Waals surface area contributed by atoms with Gasteiger partial charge in [0.15, 0.2) is 6.04 Å². The number of hydrogen-bond donors (Lipinski definition) is 2. The zero-order valence-electron chi connectivity index (χ0n) is 10.4. The van der Waals surface area contributed by atoms with E-state index < -0.39 is 17.8 Å². The maximum atomic E-state index is 13.2. The van der Waals surface area contributed by atoms with Crippen molar-refractivity contribution < 1.29 is 14.3 Å². The summed E-state index contributed by atoms with van der Waals surface area (Å²) in [5.41, 5.74) is 0.902. The normalized spacial score (nSPS) is 12.0. The van der Waals surface area contributed by atoms with Crippen molar-refractivity contribution in [3.63, 3.8) is 0 Å². The molecule has 0 saturated carbocycles. The van der Waals surface area contributed by atoms with Crippen molar-refractivity contribution in [2.45, 2.75) is 6.04 Å². The summed E-state index contributed by atoms with van der Waals surface area (Å²) in [6.45, 7) is 0. The summed E-state index contributed by atoms with van der Waals surface area (Å²) < 4.78 is 13.8. The highest BCUT2D eigenvalue weighted by Gasteiger charge is 2.21. The molecule has 3 nitrogen and oxygen atoms in total. The van der Waals surface area contributed by atoms with Crippen LogP contribution in [0.25, 0.3) is 0 Å². The molecule has 0 aliphatic rings. The van der Waals surface area contributed by atoms with E-state index in [0.717, 1.165) is 6.07 Å². The van der Waals surface area contributed by atoms with Crippen molar-refractivity contribution in [3.05, 3.63) is 62.3 Å². The summed E-state index contributed by atoms with van der Waals surface area (Å²) in [6.07, 6.45) is 0. The van der Waals surface area contributed by atoms with E-state index in [1.165, 1.54) is 12.1 Å². The second-order valence-corrected chi connectivity index (χ2v) is 5.89. The Bertz CT molecular complexity index is 697. The molecule has 0 heterocycles. The molecule has 0 aliphatic heterocycles. The van der Waals surface area contributed by atoms with Gasteiger partial charge in [0, 0.05) is 10.2 Å². The fraction of sp³-hybridized carbons (Fsp3) is 0.0714. The minimum absolute atomic E-state index is 0.127. The molecule has 0 saturated heterocycles. The minimum atomic E-state index is -1.11. The molecule has 2 aromatic rings. The lowest BCUT2D eigenvalue weighted by Crippen LogP contribution is -2.20. The molecule has 0 radical (unpaired) electrons. The first kappa shape index (κ1) is 16.1. The van der Waals surface area contributed by atoms with Crippen LogP contribution in [0, 0.1) is 5.82 Å². The highest BCUT2D eigenvalue weighted by molar-refractivity contribution is 9.10. The molecular formula is C14H9BrCl2FNO2. The molecule has 2 rings (SSSR count). The van der Waals surface area contributed by atoms with Crippen molar-refractivity contribution in [1.82, 2.24) is 0 Å². The minimum Gasteiger partial charge on any atom is -0.479 e. The number of carboxylic acids is 1. The van der Waals surface area contributed by atoms with Gasteiger partial charge in [0.2, 0.25) is 0 Å². The molecule has 1 unspecified atom stereocenters. The van der Waals surface area contributed by atoms with E-state index >= 15 is 0 Å². The number of carbonyl (C=O) groups is 1. The van der Waals surface area contributed by atoms with Crippen molar-refractivity contribution in [1.29, 1.82) is 0 Å². The molecule has 2 N–H and O–H groups in total. The average Bonchev–Trinajstić information content (AvgIpc) is 2.43. The van der Waals surface area contributed by atoms with E-state index in [9.17, 15) is 14.3 Å². The monoisotopic (exact) mass is 391 g/mol. The molecule has 0 amide bonds. The molecule has 0 aromatic heterocycles. The Morgan fingerprint density at radius 2 is 1.90 bits per heavy atom. The number of nitrogens with one attached hydrogen (secondary N) is 1. The molecule has 0 fully saturated rings. The summed E-state index contributed by atoms with van der Waals surface area (Å²) in [5, 5.41) is 12.6. The van der Waals surface area contributed by atoms with Gasteiger partial charge in [-0.1, -0.05) is 29.3 Å². The van der Waals surface area contributed by atoms with E-state index in [2.05, 4.69) is 21.2 Å². The maximum Gasteiger partial charge on any atom is 0.330 e. The van der Waals surface area contributed by atoms with E-state index in [0.29, 0.717) is 20.7 Å².